The molecule has 0 amide bonds. The first-order valence-electron chi connectivity index (χ1n) is 8.55. The van der Waals surface area contributed by atoms with Crippen LogP contribution in [0.2, 0.25) is 0 Å². The lowest BCUT2D eigenvalue weighted by Crippen LogP contribution is -2.39. The second-order valence-electron chi connectivity index (χ2n) is 6.34. The number of carbonyl (C=O) groups excluding carboxylic acids is 1. The van der Waals surface area contributed by atoms with Crippen LogP contribution >= 0.6 is 11.8 Å². The van der Waals surface area contributed by atoms with Crippen molar-refractivity contribution in [2.45, 2.75) is 30.3 Å². The van der Waals surface area contributed by atoms with Gasteiger partial charge in [-0.2, -0.15) is 0 Å². The first-order valence-corrected chi connectivity index (χ1v) is 9.70. The number of aromatic amines is 1. The van der Waals surface area contributed by atoms with Crippen LogP contribution in [0.3, 0.4) is 0 Å². The number of H-pyrrole nitrogens is 1. The summed E-state index contributed by atoms with van der Waals surface area (Å²) in [6.07, 6.45) is -4.31. The molecule has 4 N–H and O–H groups in total. The molecule has 10 heteroatoms. The largest absolute Gasteiger partial charge is 0.394 e. The molecular weight excluding hydrogens is 388 g/mol. The number of ether oxygens (including phenoxy) is 1. The van der Waals surface area contributed by atoms with Crippen molar-refractivity contribution in [3.8, 4) is 0 Å². The van der Waals surface area contributed by atoms with Crippen LogP contribution in [0, 0.1) is 0 Å². The summed E-state index contributed by atoms with van der Waals surface area (Å²) in [4.78, 5) is 38.6. The van der Waals surface area contributed by atoms with Gasteiger partial charge in [-0.25, -0.2) is 4.79 Å². The topological polar surface area (TPSA) is 142 Å². The third kappa shape index (κ3) is 4.26. The van der Waals surface area contributed by atoms with Gasteiger partial charge in [0.05, 0.1) is 12.4 Å². The Morgan fingerprint density at radius 1 is 1.18 bits per heavy atom. The number of hydrogen-bond acceptors (Lipinski definition) is 8. The maximum absolute atomic E-state index is 12.5. The second-order valence-corrected chi connectivity index (χ2v) is 7.33. The number of benzene rings is 1. The molecule has 1 aromatic heterocycles. The van der Waals surface area contributed by atoms with E-state index in [0.717, 1.165) is 16.3 Å². The predicted octanol–water partition coefficient (Wildman–Crippen LogP) is -0.736. The highest BCUT2D eigenvalue weighted by Crippen LogP contribution is 2.28. The summed E-state index contributed by atoms with van der Waals surface area (Å²) in [5.41, 5.74) is -0.949. The Bertz CT molecular complexity index is 943. The number of nitrogens with zero attached hydrogens (tertiary/aromatic N) is 1. The van der Waals surface area contributed by atoms with Gasteiger partial charge >= 0.3 is 5.69 Å². The monoisotopic (exact) mass is 408 g/mol. The molecule has 1 aliphatic rings. The van der Waals surface area contributed by atoms with Crippen molar-refractivity contribution in [1.82, 2.24) is 9.55 Å². The van der Waals surface area contributed by atoms with Gasteiger partial charge in [0.2, 0.25) is 0 Å². The van der Waals surface area contributed by atoms with Crippen molar-refractivity contribution >= 4 is 17.5 Å². The minimum atomic E-state index is -1.50. The van der Waals surface area contributed by atoms with E-state index in [0.29, 0.717) is 5.75 Å². The van der Waals surface area contributed by atoms with Gasteiger partial charge in [-0.3, -0.25) is 19.1 Å². The highest BCUT2D eigenvalue weighted by Gasteiger charge is 2.44. The summed E-state index contributed by atoms with van der Waals surface area (Å²) >= 11 is 1.32. The fraction of sp³-hybridized carbons (Fsp3) is 0.389. The van der Waals surface area contributed by atoms with Crippen LogP contribution in [-0.2, 0) is 10.5 Å². The van der Waals surface area contributed by atoms with Crippen molar-refractivity contribution in [2.75, 3.05) is 12.4 Å². The number of Topliss-reactive ketones (excluding diaryl/α,β-unsaturated/α-hetero) is 1. The summed E-state index contributed by atoms with van der Waals surface area (Å²) in [6.45, 7) is -0.561. The number of aliphatic hydroxyl groups is 3. The molecule has 1 fully saturated rings. The van der Waals surface area contributed by atoms with Crippen molar-refractivity contribution in [3.05, 3.63) is 68.5 Å². The summed E-state index contributed by atoms with van der Waals surface area (Å²) in [5.74, 6) is 0.119. The molecule has 0 aliphatic carbocycles. The quantitative estimate of drug-likeness (QED) is 0.439. The number of rotatable bonds is 7. The van der Waals surface area contributed by atoms with Gasteiger partial charge in [0, 0.05) is 11.9 Å². The number of ketones is 1. The Balaban J connectivity index is 1.77. The van der Waals surface area contributed by atoms with E-state index in [1.807, 2.05) is 35.3 Å². The smallest absolute Gasteiger partial charge is 0.330 e. The molecule has 0 saturated carbocycles. The van der Waals surface area contributed by atoms with Gasteiger partial charge in [-0.1, -0.05) is 30.3 Å². The summed E-state index contributed by atoms with van der Waals surface area (Å²) in [6, 6.07) is 9.51. The molecule has 0 bridgehead atoms. The van der Waals surface area contributed by atoms with Crippen LogP contribution < -0.4 is 11.2 Å². The van der Waals surface area contributed by atoms with Crippen LogP contribution in [0.4, 0.5) is 0 Å². The average Bonchev–Trinajstić information content (AvgIpc) is 2.97. The van der Waals surface area contributed by atoms with E-state index in [-0.39, 0.29) is 11.3 Å². The van der Waals surface area contributed by atoms with Crippen molar-refractivity contribution in [1.29, 1.82) is 0 Å². The predicted molar refractivity (Wildman–Crippen MR) is 101 cm³/mol. The third-order valence-corrected chi connectivity index (χ3v) is 5.41. The van der Waals surface area contributed by atoms with Crippen LogP contribution in [0.25, 0.3) is 0 Å². The fourth-order valence-corrected chi connectivity index (χ4v) is 3.77. The minimum absolute atomic E-state index is 0.0200. The van der Waals surface area contributed by atoms with E-state index in [1.165, 1.54) is 11.8 Å². The second kappa shape index (κ2) is 8.84. The maximum atomic E-state index is 12.5. The molecule has 1 saturated heterocycles. The Hall–Kier alpha value is -2.24. The normalized spacial score (nSPS) is 24.4. The average molecular weight is 408 g/mol. The summed E-state index contributed by atoms with van der Waals surface area (Å²) < 4.78 is 6.14. The van der Waals surface area contributed by atoms with Crippen LogP contribution in [0.1, 0.15) is 22.1 Å². The number of thioether (sulfide) groups is 1. The molecule has 2 aromatic rings. The Labute approximate surface area is 163 Å². The van der Waals surface area contributed by atoms with Gasteiger partial charge < -0.3 is 20.1 Å². The van der Waals surface area contributed by atoms with Crippen molar-refractivity contribution in [2.24, 2.45) is 0 Å². The molecule has 1 aliphatic heterocycles. The standard InChI is InChI=1S/C18H20N2O7S/c21-7-13-14(23)15(24)17(27-13)20-6-11(16(25)19-18(20)26)12(22)9-28-8-10-4-2-1-3-5-10/h1-6,13-15,17,21,23-24H,7-9H2,(H,19,25,26)/t13-,14-,15-,17-/m1/s1. The molecular formula is C18H20N2O7S. The summed E-state index contributed by atoms with van der Waals surface area (Å²) in [5, 5.41) is 29.1. The van der Waals surface area contributed by atoms with Gasteiger partial charge in [-0.15, -0.1) is 11.8 Å². The Morgan fingerprint density at radius 2 is 1.89 bits per heavy atom. The van der Waals surface area contributed by atoms with E-state index >= 15 is 0 Å². The lowest BCUT2D eigenvalue weighted by molar-refractivity contribution is -0.0550. The van der Waals surface area contributed by atoms with Gasteiger partial charge in [0.25, 0.3) is 5.56 Å². The molecule has 4 atom stereocenters. The molecule has 9 nitrogen and oxygen atoms in total. The zero-order chi connectivity index (χ0) is 20.3. The first kappa shape index (κ1) is 20.5. The fourth-order valence-electron chi connectivity index (χ4n) is 2.90. The highest BCUT2D eigenvalue weighted by molar-refractivity contribution is 7.99. The van der Waals surface area contributed by atoms with Crippen molar-refractivity contribution in [3.63, 3.8) is 0 Å². The molecule has 0 unspecified atom stereocenters. The SMILES string of the molecule is O=C(CSCc1ccccc1)c1cn([C@@H]2O[C@H](CO)[C@@H](O)[C@H]2O)c(=O)[nH]c1=O. The lowest BCUT2D eigenvalue weighted by atomic mass is 10.1. The molecule has 2 heterocycles. The number of aromatic nitrogens is 2. The van der Waals surface area contributed by atoms with E-state index in [1.54, 1.807) is 0 Å². The molecule has 3 rings (SSSR count). The van der Waals surface area contributed by atoms with E-state index in [2.05, 4.69) is 0 Å². The van der Waals surface area contributed by atoms with Crippen LogP contribution in [0.15, 0.2) is 46.1 Å². The Morgan fingerprint density at radius 3 is 2.54 bits per heavy atom. The summed E-state index contributed by atoms with van der Waals surface area (Å²) in [7, 11) is 0. The number of nitrogens with one attached hydrogen (secondary N) is 1. The van der Waals surface area contributed by atoms with Crippen molar-refractivity contribution < 1.29 is 24.9 Å². The number of aliphatic hydroxyl groups excluding tert-OH is 3. The van der Waals surface area contributed by atoms with Gasteiger partial charge in [0.1, 0.15) is 23.9 Å². The number of hydrogen-bond donors (Lipinski definition) is 4. The molecule has 0 spiro atoms. The van der Waals surface area contributed by atoms with Gasteiger partial charge in [-0.05, 0) is 5.56 Å². The zero-order valence-electron chi connectivity index (χ0n) is 14.7. The lowest BCUT2D eigenvalue weighted by Gasteiger charge is -2.17. The maximum Gasteiger partial charge on any atom is 0.330 e. The molecule has 0 radical (unpaired) electrons. The highest BCUT2D eigenvalue weighted by atomic mass is 32.2. The van der Waals surface area contributed by atoms with Gasteiger partial charge in [0.15, 0.2) is 12.0 Å². The molecule has 1 aromatic carbocycles. The van der Waals surface area contributed by atoms with Crippen LogP contribution in [-0.4, -0.2) is 61.3 Å². The van der Waals surface area contributed by atoms with E-state index in [9.17, 15) is 24.6 Å². The van der Waals surface area contributed by atoms with Crippen LogP contribution in [0.5, 0.6) is 0 Å². The Kier molecular flexibility index (Phi) is 6.47. The molecule has 150 valence electrons. The number of carbonyl (C=O) groups is 1. The van der Waals surface area contributed by atoms with E-state index in [4.69, 9.17) is 9.84 Å². The zero-order valence-corrected chi connectivity index (χ0v) is 15.5. The van der Waals surface area contributed by atoms with E-state index < -0.39 is 48.2 Å². The minimum Gasteiger partial charge on any atom is -0.394 e. The third-order valence-electron chi connectivity index (χ3n) is 4.40. The first-order chi connectivity index (χ1) is 13.4. The molecule has 28 heavy (non-hydrogen) atoms.